The van der Waals surface area contributed by atoms with Crippen LogP contribution in [0.15, 0.2) is 29.2 Å². The van der Waals surface area contributed by atoms with Gasteiger partial charge in [-0.05, 0) is 30.2 Å². The van der Waals surface area contributed by atoms with Crippen molar-refractivity contribution in [2.75, 3.05) is 6.54 Å². The lowest BCUT2D eigenvalue weighted by molar-refractivity contribution is -0.122. The number of rotatable bonds is 5. The number of aromatic hydroxyl groups is 1. The van der Waals surface area contributed by atoms with E-state index in [1.54, 1.807) is 29.2 Å². The van der Waals surface area contributed by atoms with Crippen LogP contribution in [-0.4, -0.2) is 26.8 Å². The average Bonchev–Trinajstić information content (AvgIpc) is 2.69. The maximum atomic E-state index is 12.3. The SMILES string of the molecule is CCCCCN1C(=O)C(=Cc2ccc(O)cc2)SC1=S. The molecule has 0 bridgehead atoms. The smallest absolute Gasteiger partial charge is 0.266 e. The van der Waals surface area contributed by atoms with Crippen LogP contribution in [0.2, 0.25) is 0 Å². The summed E-state index contributed by atoms with van der Waals surface area (Å²) in [5, 5.41) is 9.25. The maximum Gasteiger partial charge on any atom is 0.266 e. The van der Waals surface area contributed by atoms with Crippen LogP contribution in [0.5, 0.6) is 5.75 Å². The molecule has 0 atom stereocenters. The predicted molar refractivity (Wildman–Crippen MR) is 87.5 cm³/mol. The number of carbonyl (C=O) groups is 1. The van der Waals surface area contributed by atoms with E-state index in [-0.39, 0.29) is 11.7 Å². The van der Waals surface area contributed by atoms with Crippen molar-refractivity contribution in [2.24, 2.45) is 0 Å². The van der Waals surface area contributed by atoms with Crippen molar-refractivity contribution < 1.29 is 9.90 Å². The topological polar surface area (TPSA) is 40.5 Å². The van der Waals surface area contributed by atoms with Crippen LogP contribution in [0.1, 0.15) is 31.7 Å². The van der Waals surface area contributed by atoms with Crippen LogP contribution in [0.3, 0.4) is 0 Å². The highest BCUT2D eigenvalue weighted by Gasteiger charge is 2.31. The molecule has 1 fully saturated rings. The minimum Gasteiger partial charge on any atom is -0.508 e. The first-order chi connectivity index (χ1) is 9.61. The van der Waals surface area contributed by atoms with Gasteiger partial charge in [-0.15, -0.1) is 0 Å². The van der Waals surface area contributed by atoms with E-state index in [0.29, 0.717) is 15.8 Å². The average molecular weight is 307 g/mol. The number of hydrogen-bond donors (Lipinski definition) is 1. The summed E-state index contributed by atoms with van der Waals surface area (Å²) in [7, 11) is 0. The number of nitrogens with zero attached hydrogens (tertiary/aromatic N) is 1. The Balaban J connectivity index is 2.09. The second-order valence-corrected chi connectivity index (χ2v) is 6.31. The van der Waals surface area contributed by atoms with Crippen molar-refractivity contribution >= 4 is 40.3 Å². The zero-order valence-corrected chi connectivity index (χ0v) is 13.0. The number of thioether (sulfide) groups is 1. The fraction of sp³-hybridized carbons (Fsp3) is 0.333. The normalized spacial score (nSPS) is 17.2. The molecule has 1 heterocycles. The number of amides is 1. The number of unbranched alkanes of at least 4 members (excludes halogenated alkanes) is 2. The van der Waals surface area contributed by atoms with Gasteiger partial charge in [0.2, 0.25) is 0 Å². The van der Waals surface area contributed by atoms with Gasteiger partial charge in [-0.2, -0.15) is 0 Å². The number of phenols is 1. The third kappa shape index (κ3) is 3.61. The first-order valence-corrected chi connectivity index (χ1v) is 7.88. The molecule has 0 unspecified atom stereocenters. The Kier molecular flexibility index (Phi) is 5.20. The van der Waals surface area contributed by atoms with Crippen LogP contribution in [-0.2, 0) is 4.79 Å². The molecule has 1 aliphatic heterocycles. The van der Waals surface area contributed by atoms with E-state index in [9.17, 15) is 9.90 Å². The molecule has 2 rings (SSSR count). The lowest BCUT2D eigenvalue weighted by Crippen LogP contribution is -2.28. The number of thiocarbonyl (C=S) groups is 1. The number of benzene rings is 1. The Morgan fingerprint density at radius 1 is 1.30 bits per heavy atom. The van der Waals surface area contributed by atoms with Gasteiger partial charge in [0, 0.05) is 6.54 Å². The van der Waals surface area contributed by atoms with E-state index in [2.05, 4.69) is 6.92 Å². The molecule has 0 saturated carbocycles. The van der Waals surface area contributed by atoms with E-state index < -0.39 is 0 Å². The molecular weight excluding hydrogens is 290 g/mol. The highest BCUT2D eigenvalue weighted by Crippen LogP contribution is 2.32. The van der Waals surface area contributed by atoms with Crippen molar-refractivity contribution in [3.05, 3.63) is 34.7 Å². The Morgan fingerprint density at radius 2 is 2.00 bits per heavy atom. The molecule has 5 heteroatoms. The third-order valence-electron chi connectivity index (χ3n) is 3.05. The van der Waals surface area contributed by atoms with E-state index in [1.807, 2.05) is 6.08 Å². The number of phenolic OH excluding ortho intramolecular Hbond substituents is 1. The lowest BCUT2D eigenvalue weighted by Gasteiger charge is -2.13. The summed E-state index contributed by atoms with van der Waals surface area (Å²) in [6.45, 7) is 2.83. The number of hydrogen-bond acceptors (Lipinski definition) is 4. The fourth-order valence-electron chi connectivity index (χ4n) is 1.93. The second kappa shape index (κ2) is 6.90. The Hall–Kier alpha value is -1.33. The van der Waals surface area contributed by atoms with Gasteiger partial charge in [0.05, 0.1) is 4.91 Å². The van der Waals surface area contributed by atoms with Gasteiger partial charge in [0.15, 0.2) is 0 Å². The van der Waals surface area contributed by atoms with Crippen LogP contribution in [0.4, 0.5) is 0 Å². The van der Waals surface area contributed by atoms with Crippen molar-refractivity contribution in [3.63, 3.8) is 0 Å². The Labute approximate surface area is 128 Å². The standard InChI is InChI=1S/C15H17NO2S2/c1-2-3-4-9-16-14(18)13(20-15(16)19)10-11-5-7-12(17)8-6-11/h5-8,10,17H,2-4,9H2,1H3. The minimum atomic E-state index is -0.0100. The molecule has 0 aromatic heterocycles. The van der Waals surface area contributed by atoms with Crippen LogP contribution in [0.25, 0.3) is 6.08 Å². The van der Waals surface area contributed by atoms with Crippen molar-refractivity contribution in [2.45, 2.75) is 26.2 Å². The largest absolute Gasteiger partial charge is 0.508 e. The molecule has 0 aliphatic carbocycles. The molecule has 0 radical (unpaired) electrons. The monoisotopic (exact) mass is 307 g/mol. The maximum absolute atomic E-state index is 12.3. The number of carbonyl (C=O) groups excluding carboxylic acids is 1. The van der Waals surface area contributed by atoms with Gasteiger partial charge >= 0.3 is 0 Å². The van der Waals surface area contributed by atoms with Gasteiger partial charge in [-0.1, -0.05) is 55.9 Å². The minimum absolute atomic E-state index is 0.0100. The lowest BCUT2D eigenvalue weighted by atomic mass is 10.2. The summed E-state index contributed by atoms with van der Waals surface area (Å²) in [5.41, 5.74) is 0.886. The summed E-state index contributed by atoms with van der Waals surface area (Å²) in [4.78, 5) is 14.6. The predicted octanol–water partition coefficient (Wildman–Crippen LogP) is 3.78. The van der Waals surface area contributed by atoms with Crippen molar-refractivity contribution in [3.8, 4) is 5.75 Å². The van der Waals surface area contributed by atoms with E-state index in [4.69, 9.17) is 12.2 Å². The van der Waals surface area contributed by atoms with E-state index >= 15 is 0 Å². The Bertz CT molecular complexity index is 537. The molecular formula is C15H17NO2S2. The highest BCUT2D eigenvalue weighted by atomic mass is 32.2. The summed E-state index contributed by atoms with van der Waals surface area (Å²) in [6.07, 6.45) is 5.03. The Morgan fingerprint density at radius 3 is 2.65 bits per heavy atom. The quantitative estimate of drug-likeness (QED) is 0.510. The second-order valence-electron chi connectivity index (χ2n) is 4.63. The van der Waals surface area contributed by atoms with Gasteiger partial charge < -0.3 is 5.11 Å². The molecule has 1 aromatic carbocycles. The van der Waals surface area contributed by atoms with Gasteiger partial charge in [0.25, 0.3) is 5.91 Å². The van der Waals surface area contributed by atoms with Gasteiger partial charge in [-0.3, -0.25) is 9.69 Å². The van der Waals surface area contributed by atoms with Crippen molar-refractivity contribution in [1.29, 1.82) is 0 Å². The van der Waals surface area contributed by atoms with Crippen LogP contribution < -0.4 is 0 Å². The first kappa shape index (κ1) is 15.1. The van der Waals surface area contributed by atoms with Gasteiger partial charge in [0.1, 0.15) is 10.1 Å². The molecule has 0 spiro atoms. The summed E-state index contributed by atoms with van der Waals surface area (Å²) in [5.74, 6) is 0.207. The molecule has 1 amide bonds. The highest BCUT2D eigenvalue weighted by molar-refractivity contribution is 8.26. The molecule has 1 saturated heterocycles. The zero-order valence-electron chi connectivity index (χ0n) is 11.3. The molecule has 1 aromatic rings. The van der Waals surface area contributed by atoms with Crippen LogP contribution in [0, 0.1) is 0 Å². The molecule has 20 heavy (non-hydrogen) atoms. The van der Waals surface area contributed by atoms with Crippen LogP contribution >= 0.6 is 24.0 Å². The van der Waals surface area contributed by atoms with Crippen molar-refractivity contribution in [1.82, 2.24) is 4.90 Å². The summed E-state index contributed by atoms with van der Waals surface area (Å²) < 4.78 is 0.635. The molecule has 1 N–H and O–H groups in total. The molecule has 3 nitrogen and oxygen atoms in total. The summed E-state index contributed by atoms with van der Waals surface area (Å²) >= 11 is 6.61. The first-order valence-electron chi connectivity index (χ1n) is 6.66. The van der Waals surface area contributed by atoms with E-state index in [0.717, 1.165) is 24.8 Å². The molecule has 106 valence electrons. The van der Waals surface area contributed by atoms with E-state index in [1.165, 1.54) is 11.8 Å². The third-order valence-corrected chi connectivity index (χ3v) is 4.43. The molecule has 1 aliphatic rings. The fourth-order valence-corrected chi connectivity index (χ4v) is 3.24. The van der Waals surface area contributed by atoms with Gasteiger partial charge in [-0.25, -0.2) is 0 Å². The summed E-state index contributed by atoms with van der Waals surface area (Å²) in [6, 6.07) is 6.76. The zero-order chi connectivity index (χ0) is 14.5.